The maximum Gasteiger partial charge on any atom is 0.255 e. The Hall–Kier alpha value is -2.86. The van der Waals surface area contributed by atoms with Crippen LogP contribution in [0.4, 0.5) is 5.69 Å². The van der Waals surface area contributed by atoms with Crippen LogP contribution in [-0.4, -0.2) is 31.1 Å². The molecule has 3 rings (SSSR count). The SMILES string of the molecule is CC(C)C(=O)Nc1ccc(CNC(=O)c2ccccc2OCC2CCCO2)cc1. The Bertz CT molecular complexity index is 827. The number of rotatable bonds is 8. The summed E-state index contributed by atoms with van der Waals surface area (Å²) in [6.07, 6.45) is 2.14. The fraction of sp³-hybridized carbons (Fsp3) is 0.391. The fourth-order valence-electron chi connectivity index (χ4n) is 3.01. The van der Waals surface area contributed by atoms with Gasteiger partial charge in [0.25, 0.3) is 5.91 Å². The predicted octanol–water partition coefficient (Wildman–Crippen LogP) is 3.77. The average molecular weight is 396 g/mol. The maximum atomic E-state index is 12.6. The molecule has 1 aliphatic rings. The average Bonchev–Trinajstić information content (AvgIpc) is 3.25. The Morgan fingerprint density at radius 1 is 1.14 bits per heavy atom. The third-order valence-corrected chi connectivity index (χ3v) is 4.78. The molecular formula is C23H28N2O4. The number of hydrogen-bond acceptors (Lipinski definition) is 4. The predicted molar refractivity (Wildman–Crippen MR) is 112 cm³/mol. The van der Waals surface area contributed by atoms with E-state index in [9.17, 15) is 9.59 Å². The van der Waals surface area contributed by atoms with Crippen LogP contribution in [0.3, 0.4) is 0 Å². The topological polar surface area (TPSA) is 76.7 Å². The Labute approximate surface area is 171 Å². The molecule has 1 saturated heterocycles. The standard InChI is InChI=1S/C23H28N2O4/c1-16(2)22(26)25-18-11-9-17(10-12-18)14-24-23(27)20-7-3-4-8-21(20)29-15-19-6-5-13-28-19/h3-4,7-12,16,19H,5-6,13-15H2,1-2H3,(H,24,27)(H,25,26). The van der Waals surface area contributed by atoms with Crippen LogP contribution in [0.15, 0.2) is 48.5 Å². The molecular weight excluding hydrogens is 368 g/mol. The lowest BCUT2D eigenvalue weighted by atomic mass is 10.1. The van der Waals surface area contributed by atoms with E-state index in [2.05, 4.69) is 10.6 Å². The first-order chi connectivity index (χ1) is 14.0. The number of carbonyl (C=O) groups is 2. The van der Waals surface area contributed by atoms with Gasteiger partial charge in [-0.3, -0.25) is 9.59 Å². The van der Waals surface area contributed by atoms with Gasteiger partial charge >= 0.3 is 0 Å². The summed E-state index contributed by atoms with van der Waals surface area (Å²) in [5.41, 5.74) is 2.19. The molecule has 154 valence electrons. The lowest BCUT2D eigenvalue weighted by Crippen LogP contribution is -2.24. The van der Waals surface area contributed by atoms with Gasteiger partial charge in [0.2, 0.25) is 5.91 Å². The molecule has 6 heteroatoms. The minimum atomic E-state index is -0.190. The first-order valence-corrected chi connectivity index (χ1v) is 10.0. The van der Waals surface area contributed by atoms with E-state index >= 15 is 0 Å². The van der Waals surface area contributed by atoms with Gasteiger partial charge in [-0.2, -0.15) is 0 Å². The summed E-state index contributed by atoms with van der Waals surface area (Å²) in [5.74, 6) is 0.277. The van der Waals surface area contributed by atoms with Crippen LogP contribution in [0, 0.1) is 5.92 Å². The monoisotopic (exact) mass is 396 g/mol. The highest BCUT2D eigenvalue weighted by atomic mass is 16.5. The van der Waals surface area contributed by atoms with Gasteiger partial charge in [-0.1, -0.05) is 38.1 Å². The highest BCUT2D eigenvalue weighted by Gasteiger charge is 2.18. The van der Waals surface area contributed by atoms with Crippen molar-refractivity contribution in [3.05, 3.63) is 59.7 Å². The molecule has 0 spiro atoms. The van der Waals surface area contributed by atoms with Gasteiger partial charge in [0, 0.05) is 24.8 Å². The number of carbonyl (C=O) groups excluding carboxylic acids is 2. The molecule has 1 unspecified atom stereocenters. The number of hydrogen-bond donors (Lipinski definition) is 2. The maximum absolute atomic E-state index is 12.6. The van der Waals surface area contributed by atoms with Crippen molar-refractivity contribution in [3.8, 4) is 5.75 Å². The van der Waals surface area contributed by atoms with E-state index in [-0.39, 0.29) is 23.8 Å². The van der Waals surface area contributed by atoms with Crippen molar-refractivity contribution in [1.82, 2.24) is 5.32 Å². The highest BCUT2D eigenvalue weighted by molar-refractivity contribution is 5.96. The zero-order valence-corrected chi connectivity index (χ0v) is 16.9. The molecule has 0 aromatic heterocycles. The number of nitrogens with one attached hydrogen (secondary N) is 2. The molecule has 29 heavy (non-hydrogen) atoms. The van der Waals surface area contributed by atoms with Crippen molar-refractivity contribution < 1.29 is 19.1 Å². The molecule has 0 bridgehead atoms. The van der Waals surface area contributed by atoms with Gasteiger partial charge in [-0.05, 0) is 42.7 Å². The third kappa shape index (κ3) is 6.06. The molecule has 1 atom stereocenters. The summed E-state index contributed by atoms with van der Waals surface area (Å²) in [7, 11) is 0. The van der Waals surface area contributed by atoms with Crippen molar-refractivity contribution in [2.75, 3.05) is 18.5 Å². The van der Waals surface area contributed by atoms with Crippen molar-refractivity contribution in [2.45, 2.75) is 39.3 Å². The molecule has 0 saturated carbocycles. The fourth-order valence-corrected chi connectivity index (χ4v) is 3.01. The molecule has 2 aromatic carbocycles. The molecule has 2 N–H and O–H groups in total. The summed E-state index contributed by atoms with van der Waals surface area (Å²) >= 11 is 0. The van der Waals surface area contributed by atoms with E-state index in [1.54, 1.807) is 12.1 Å². The Morgan fingerprint density at radius 3 is 2.59 bits per heavy atom. The second kappa shape index (κ2) is 10.1. The first-order valence-electron chi connectivity index (χ1n) is 10.0. The summed E-state index contributed by atoms with van der Waals surface area (Å²) < 4.78 is 11.4. The van der Waals surface area contributed by atoms with E-state index < -0.39 is 0 Å². The van der Waals surface area contributed by atoms with Crippen LogP contribution >= 0.6 is 0 Å². The molecule has 6 nitrogen and oxygen atoms in total. The quantitative estimate of drug-likeness (QED) is 0.712. The molecule has 0 aliphatic carbocycles. The van der Waals surface area contributed by atoms with Crippen molar-refractivity contribution in [1.29, 1.82) is 0 Å². The van der Waals surface area contributed by atoms with E-state index in [0.717, 1.165) is 30.7 Å². The largest absolute Gasteiger partial charge is 0.490 e. The van der Waals surface area contributed by atoms with Gasteiger partial charge in [0.05, 0.1) is 11.7 Å². The van der Waals surface area contributed by atoms with E-state index in [4.69, 9.17) is 9.47 Å². The Kier molecular flexibility index (Phi) is 7.25. The third-order valence-electron chi connectivity index (χ3n) is 4.78. The smallest absolute Gasteiger partial charge is 0.255 e. The Balaban J connectivity index is 1.54. The second-order valence-electron chi connectivity index (χ2n) is 7.47. The molecule has 2 amide bonds. The summed E-state index contributed by atoms with van der Waals surface area (Å²) in [5, 5.41) is 5.78. The van der Waals surface area contributed by atoms with Crippen molar-refractivity contribution in [3.63, 3.8) is 0 Å². The minimum absolute atomic E-state index is 0.0225. The number of para-hydroxylation sites is 1. The normalized spacial score (nSPS) is 15.9. The number of anilines is 1. The highest BCUT2D eigenvalue weighted by Crippen LogP contribution is 2.20. The molecule has 1 heterocycles. The van der Waals surface area contributed by atoms with E-state index in [0.29, 0.717) is 24.5 Å². The van der Waals surface area contributed by atoms with Crippen LogP contribution < -0.4 is 15.4 Å². The van der Waals surface area contributed by atoms with Crippen LogP contribution in [0.5, 0.6) is 5.75 Å². The van der Waals surface area contributed by atoms with Crippen molar-refractivity contribution in [2.24, 2.45) is 5.92 Å². The summed E-state index contributed by atoms with van der Waals surface area (Å²) in [6, 6.07) is 14.7. The van der Waals surface area contributed by atoms with E-state index in [1.165, 1.54) is 0 Å². The van der Waals surface area contributed by atoms with Crippen LogP contribution in [0.2, 0.25) is 0 Å². The van der Waals surface area contributed by atoms with E-state index in [1.807, 2.05) is 50.2 Å². The number of benzene rings is 2. The molecule has 0 radical (unpaired) electrons. The summed E-state index contributed by atoms with van der Waals surface area (Å²) in [4.78, 5) is 24.4. The van der Waals surface area contributed by atoms with Crippen molar-refractivity contribution >= 4 is 17.5 Å². The molecule has 1 fully saturated rings. The zero-order chi connectivity index (χ0) is 20.6. The van der Waals surface area contributed by atoms with Crippen LogP contribution in [0.25, 0.3) is 0 Å². The lowest BCUT2D eigenvalue weighted by Gasteiger charge is -2.14. The van der Waals surface area contributed by atoms with Gasteiger partial charge in [0.15, 0.2) is 0 Å². The number of ether oxygens (including phenoxy) is 2. The van der Waals surface area contributed by atoms with Gasteiger partial charge in [0.1, 0.15) is 12.4 Å². The zero-order valence-electron chi connectivity index (χ0n) is 16.9. The van der Waals surface area contributed by atoms with Gasteiger partial charge in [-0.25, -0.2) is 0 Å². The van der Waals surface area contributed by atoms with Crippen LogP contribution in [-0.2, 0) is 16.1 Å². The van der Waals surface area contributed by atoms with Gasteiger partial charge < -0.3 is 20.1 Å². The molecule has 1 aliphatic heterocycles. The first kappa shape index (κ1) is 20.9. The number of amides is 2. The lowest BCUT2D eigenvalue weighted by molar-refractivity contribution is -0.118. The molecule has 2 aromatic rings. The van der Waals surface area contributed by atoms with Crippen LogP contribution in [0.1, 0.15) is 42.6 Å². The van der Waals surface area contributed by atoms with Gasteiger partial charge in [-0.15, -0.1) is 0 Å². The second-order valence-corrected chi connectivity index (χ2v) is 7.47. The Morgan fingerprint density at radius 2 is 1.90 bits per heavy atom. The summed E-state index contributed by atoms with van der Waals surface area (Å²) in [6.45, 7) is 5.31. The minimum Gasteiger partial charge on any atom is -0.490 e.